The van der Waals surface area contributed by atoms with Gasteiger partial charge in [0.05, 0.1) is 9.26 Å². The highest BCUT2D eigenvalue weighted by molar-refractivity contribution is 14.1. The summed E-state index contributed by atoms with van der Waals surface area (Å²) in [6, 6.07) is 0. The number of anilines is 1. The number of aromatic amines is 1. The summed E-state index contributed by atoms with van der Waals surface area (Å²) in [5.41, 5.74) is 1.18. The van der Waals surface area contributed by atoms with Crippen LogP contribution in [-0.2, 0) is 0 Å². The molecule has 0 aromatic carbocycles. The Hall–Kier alpha value is -1.18. The van der Waals surface area contributed by atoms with Crippen molar-refractivity contribution in [2.45, 2.75) is 38.5 Å². The van der Waals surface area contributed by atoms with E-state index >= 15 is 0 Å². The van der Waals surface area contributed by atoms with Crippen molar-refractivity contribution in [2.75, 3.05) is 11.9 Å². The predicted molar refractivity (Wildman–Crippen MR) is 87.7 cm³/mol. The Morgan fingerprint density at radius 3 is 2.80 bits per heavy atom. The molecule has 2 aromatic rings. The smallest absolute Gasteiger partial charge is 0.197 e. The molecule has 0 atom stereocenters. The maximum absolute atomic E-state index is 4.79. The third kappa shape index (κ3) is 2.65. The number of hydrogen-bond acceptors (Lipinski definition) is 4. The third-order valence-corrected chi connectivity index (χ3v) is 4.74. The molecule has 20 heavy (non-hydrogen) atoms. The van der Waals surface area contributed by atoms with Gasteiger partial charge in [-0.2, -0.15) is 0 Å². The summed E-state index contributed by atoms with van der Waals surface area (Å²) in [5.74, 6) is 2.92. The van der Waals surface area contributed by atoms with Gasteiger partial charge in [-0.05, 0) is 42.4 Å². The fraction of sp³-hybridized carbons (Fsp3) is 0.500. The largest absolute Gasteiger partial charge is 0.369 e. The van der Waals surface area contributed by atoms with Crippen LogP contribution in [0.2, 0.25) is 0 Å². The number of rotatable bonds is 4. The maximum atomic E-state index is 4.79. The molecule has 1 aliphatic rings. The van der Waals surface area contributed by atoms with E-state index in [1.165, 1.54) is 31.4 Å². The average molecular weight is 383 g/mol. The first-order chi connectivity index (χ1) is 9.79. The highest BCUT2D eigenvalue weighted by Crippen LogP contribution is 2.37. The van der Waals surface area contributed by atoms with Gasteiger partial charge in [0.25, 0.3) is 0 Å². The zero-order valence-electron chi connectivity index (χ0n) is 11.5. The average Bonchev–Trinajstić information content (AvgIpc) is 3.14. The molecule has 3 rings (SSSR count). The second kappa shape index (κ2) is 6.07. The Morgan fingerprint density at radius 1 is 1.35 bits per heavy atom. The van der Waals surface area contributed by atoms with Crippen LogP contribution in [0.5, 0.6) is 0 Å². The van der Waals surface area contributed by atoms with E-state index in [4.69, 9.17) is 4.98 Å². The van der Waals surface area contributed by atoms with Crippen LogP contribution in [0.1, 0.15) is 44.2 Å². The van der Waals surface area contributed by atoms with Crippen LogP contribution in [0.15, 0.2) is 12.4 Å². The summed E-state index contributed by atoms with van der Waals surface area (Å²) < 4.78 is 1.16. The lowest BCUT2D eigenvalue weighted by Crippen LogP contribution is -2.10. The summed E-state index contributed by atoms with van der Waals surface area (Å²) in [6.07, 6.45) is 8.61. The molecule has 2 aromatic heterocycles. The lowest BCUT2D eigenvalue weighted by molar-refractivity contribution is 0.690. The molecular formula is C14H18IN5. The Labute approximate surface area is 132 Å². The van der Waals surface area contributed by atoms with Crippen molar-refractivity contribution >= 4 is 28.4 Å². The molecule has 0 saturated heterocycles. The molecule has 0 bridgehead atoms. The minimum atomic E-state index is 0.566. The van der Waals surface area contributed by atoms with Gasteiger partial charge in [0.1, 0.15) is 5.82 Å². The zero-order valence-corrected chi connectivity index (χ0v) is 13.6. The van der Waals surface area contributed by atoms with Crippen LogP contribution in [0.4, 0.5) is 5.82 Å². The molecule has 1 aliphatic carbocycles. The van der Waals surface area contributed by atoms with Crippen molar-refractivity contribution in [3.63, 3.8) is 0 Å². The van der Waals surface area contributed by atoms with Crippen LogP contribution < -0.4 is 5.32 Å². The van der Waals surface area contributed by atoms with Crippen molar-refractivity contribution in [1.29, 1.82) is 0 Å². The van der Waals surface area contributed by atoms with Gasteiger partial charge >= 0.3 is 0 Å². The van der Waals surface area contributed by atoms with Gasteiger partial charge in [-0.15, -0.1) is 0 Å². The number of halogens is 1. The molecule has 2 N–H and O–H groups in total. The Kier molecular flexibility index (Phi) is 4.18. The second-order valence-electron chi connectivity index (χ2n) is 5.04. The van der Waals surface area contributed by atoms with Crippen molar-refractivity contribution < 1.29 is 0 Å². The van der Waals surface area contributed by atoms with Crippen LogP contribution in [0.25, 0.3) is 11.6 Å². The molecule has 0 radical (unpaired) electrons. The molecule has 2 heterocycles. The van der Waals surface area contributed by atoms with Gasteiger partial charge in [0, 0.05) is 24.9 Å². The van der Waals surface area contributed by atoms with Gasteiger partial charge in [-0.25, -0.2) is 15.0 Å². The lowest BCUT2D eigenvalue weighted by atomic mass is 10.0. The number of nitrogens with one attached hydrogen (secondary N) is 2. The summed E-state index contributed by atoms with van der Waals surface area (Å²) in [7, 11) is 0. The highest BCUT2D eigenvalue weighted by Gasteiger charge is 2.24. The summed E-state index contributed by atoms with van der Waals surface area (Å²) in [4.78, 5) is 16.8. The first-order valence-electron chi connectivity index (χ1n) is 7.10. The molecule has 0 spiro atoms. The monoisotopic (exact) mass is 383 g/mol. The highest BCUT2D eigenvalue weighted by atomic mass is 127. The second-order valence-corrected chi connectivity index (χ2v) is 6.12. The van der Waals surface area contributed by atoms with Gasteiger partial charge in [0.2, 0.25) is 0 Å². The molecule has 1 saturated carbocycles. The molecule has 6 heteroatoms. The fourth-order valence-corrected chi connectivity index (χ4v) is 3.58. The van der Waals surface area contributed by atoms with E-state index in [0.29, 0.717) is 11.7 Å². The number of H-pyrrole nitrogens is 1. The number of nitrogens with zero attached hydrogens (tertiary/aromatic N) is 3. The Morgan fingerprint density at radius 2 is 2.15 bits per heavy atom. The topological polar surface area (TPSA) is 66.5 Å². The van der Waals surface area contributed by atoms with E-state index in [9.17, 15) is 0 Å². The van der Waals surface area contributed by atoms with Crippen molar-refractivity contribution in [3.05, 3.63) is 21.7 Å². The minimum Gasteiger partial charge on any atom is -0.369 e. The predicted octanol–water partition coefficient (Wildman–Crippen LogP) is 3.56. The van der Waals surface area contributed by atoms with Gasteiger partial charge in [-0.1, -0.05) is 12.8 Å². The molecule has 0 amide bonds. The van der Waals surface area contributed by atoms with E-state index in [-0.39, 0.29) is 0 Å². The van der Waals surface area contributed by atoms with E-state index in [1.54, 1.807) is 12.4 Å². The third-order valence-electron chi connectivity index (χ3n) is 3.67. The SMILES string of the molecule is CCNc1nc(-c2ncc[nH]2)nc(C2CCCC2)c1I. The van der Waals surface area contributed by atoms with Crippen LogP contribution in [0, 0.1) is 3.57 Å². The Bertz CT molecular complexity index is 576. The zero-order chi connectivity index (χ0) is 13.9. The standard InChI is InChI=1S/C14H18IN5/c1-2-16-12-10(15)11(9-5-3-4-6-9)19-14(20-12)13-17-7-8-18-13/h7-9H,2-6H2,1H3,(H,17,18)(H,16,19,20). The van der Waals surface area contributed by atoms with E-state index in [2.05, 4.69) is 49.8 Å². The van der Waals surface area contributed by atoms with Gasteiger partial charge in [0.15, 0.2) is 11.6 Å². The summed E-state index contributed by atoms with van der Waals surface area (Å²) in [6.45, 7) is 2.94. The van der Waals surface area contributed by atoms with E-state index < -0.39 is 0 Å². The van der Waals surface area contributed by atoms with Crippen LogP contribution in [0.3, 0.4) is 0 Å². The lowest BCUT2D eigenvalue weighted by Gasteiger charge is -2.15. The quantitative estimate of drug-likeness (QED) is 0.793. The molecule has 5 nitrogen and oxygen atoms in total. The molecule has 1 fully saturated rings. The molecule has 106 valence electrons. The fourth-order valence-electron chi connectivity index (χ4n) is 2.71. The van der Waals surface area contributed by atoms with Crippen molar-refractivity contribution in [3.8, 4) is 11.6 Å². The first kappa shape index (κ1) is 13.8. The summed E-state index contributed by atoms with van der Waals surface area (Å²) in [5, 5.41) is 3.34. The molecule has 0 unspecified atom stereocenters. The van der Waals surface area contributed by atoms with Gasteiger partial charge < -0.3 is 10.3 Å². The minimum absolute atomic E-state index is 0.566. The Balaban J connectivity index is 2.07. The number of hydrogen-bond donors (Lipinski definition) is 2. The van der Waals surface area contributed by atoms with Crippen molar-refractivity contribution in [1.82, 2.24) is 19.9 Å². The van der Waals surface area contributed by atoms with Crippen LogP contribution >= 0.6 is 22.6 Å². The first-order valence-corrected chi connectivity index (χ1v) is 8.18. The molecule has 0 aliphatic heterocycles. The molecular weight excluding hydrogens is 365 g/mol. The van der Waals surface area contributed by atoms with E-state index in [0.717, 1.165) is 21.8 Å². The number of imidazole rings is 1. The van der Waals surface area contributed by atoms with E-state index in [1.807, 2.05) is 0 Å². The van der Waals surface area contributed by atoms with Crippen molar-refractivity contribution in [2.24, 2.45) is 0 Å². The number of aromatic nitrogens is 4. The van der Waals surface area contributed by atoms with Gasteiger partial charge in [-0.3, -0.25) is 0 Å². The summed E-state index contributed by atoms with van der Waals surface area (Å²) >= 11 is 2.37. The van der Waals surface area contributed by atoms with Crippen LogP contribution in [-0.4, -0.2) is 26.5 Å². The maximum Gasteiger partial charge on any atom is 0.197 e. The normalized spacial score (nSPS) is 15.7.